The molecular formula is C36H42ClNO10. The number of ether oxygens (including phenoxy) is 6. The summed E-state index contributed by atoms with van der Waals surface area (Å²) in [5, 5.41) is 13.2. The molecule has 0 spiro atoms. The first kappa shape index (κ1) is 36.8. The third-order valence-electron chi connectivity index (χ3n) is 7.64. The lowest BCUT2D eigenvalue weighted by molar-refractivity contribution is -0.132. The van der Waals surface area contributed by atoms with Crippen molar-refractivity contribution in [1.29, 1.82) is 0 Å². The SMILES string of the molecule is CC(=O)Oc1ccc2c(c1)Oc1cc(OC(C)=O)ccc1C2(OCO)c1cc(C(=O)NCCOCCOCCCCCCCl)ccc1C. The predicted molar refractivity (Wildman–Crippen MR) is 178 cm³/mol. The van der Waals surface area contributed by atoms with Gasteiger partial charge in [0.05, 0.1) is 19.8 Å². The number of aliphatic hydroxyl groups excluding tert-OH is 1. The fraction of sp³-hybridized carbons (Fsp3) is 0.417. The smallest absolute Gasteiger partial charge is 0.308 e. The number of nitrogens with one attached hydrogen (secondary N) is 1. The Bertz CT molecular complexity index is 1510. The van der Waals surface area contributed by atoms with E-state index >= 15 is 0 Å². The summed E-state index contributed by atoms with van der Waals surface area (Å²) in [4.78, 5) is 36.7. The predicted octanol–water partition coefficient (Wildman–Crippen LogP) is 5.77. The van der Waals surface area contributed by atoms with Gasteiger partial charge in [-0.05, 0) is 67.3 Å². The fourth-order valence-corrected chi connectivity index (χ4v) is 5.74. The quantitative estimate of drug-likeness (QED) is 0.0558. The molecule has 258 valence electrons. The van der Waals surface area contributed by atoms with Crippen molar-refractivity contribution in [2.24, 2.45) is 0 Å². The lowest BCUT2D eigenvalue weighted by Crippen LogP contribution is -2.37. The van der Waals surface area contributed by atoms with Gasteiger partial charge in [0.1, 0.15) is 29.8 Å². The zero-order valence-electron chi connectivity index (χ0n) is 27.5. The van der Waals surface area contributed by atoms with Crippen molar-refractivity contribution in [3.8, 4) is 23.0 Å². The maximum Gasteiger partial charge on any atom is 0.308 e. The highest BCUT2D eigenvalue weighted by Crippen LogP contribution is 2.54. The third kappa shape index (κ3) is 9.33. The maximum absolute atomic E-state index is 13.3. The van der Waals surface area contributed by atoms with Crippen molar-refractivity contribution >= 4 is 29.4 Å². The molecule has 3 aromatic carbocycles. The van der Waals surface area contributed by atoms with Gasteiger partial charge in [0, 0.05) is 61.7 Å². The minimum Gasteiger partial charge on any atom is -0.456 e. The summed E-state index contributed by atoms with van der Waals surface area (Å²) in [5.41, 5.74) is 1.19. The molecule has 1 amide bonds. The van der Waals surface area contributed by atoms with Crippen LogP contribution in [0.2, 0.25) is 0 Å². The molecule has 12 heteroatoms. The highest BCUT2D eigenvalue weighted by Gasteiger charge is 2.46. The van der Waals surface area contributed by atoms with Crippen molar-refractivity contribution in [3.63, 3.8) is 0 Å². The number of carbonyl (C=O) groups excluding carboxylic acids is 3. The minimum absolute atomic E-state index is 0.232. The van der Waals surface area contributed by atoms with Crippen LogP contribution in [-0.4, -0.2) is 68.6 Å². The molecule has 0 aromatic heterocycles. The maximum atomic E-state index is 13.3. The third-order valence-corrected chi connectivity index (χ3v) is 7.91. The van der Waals surface area contributed by atoms with Crippen LogP contribution in [0.1, 0.15) is 72.1 Å². The van der Waals surface area contributed by atoms with Gasteiger partial charge in [-0.25, -0.2) is 0 Å². The zero-order valence-corrected chi connectivity index (χ0v) is 28.2. The van der Waals surface area contributed by atoms with Gasteiger partial charge in [0.25, 0.3) is 5.91 Å². The summed E-state index contributed by atoms with van der Waals surface area (Å²) >= 11 is 5.69. The summed E-state index contributed by atoms with van der Waals surface area (Å²) in [6.45, 7) is 5.93. The molecule has 0 radical (unpaired) electrons. The molecule has 1 aliphatic rings. The summed E-state index contributed by atoms with van der Waals surface area (Å²) < 4.78 is 34.3. The Morgan fingerprint density at radius 2 is 1.38 bits per heavy atom. The standard InChI is InChI=1S/C36H42ClNO10/c1-24-8-9-27(35(42)38-15-17-44-19-18-43-16-7-5-4-6-14-37)20-32(24)36(45-23-39)30-12-10-28(46-25(2)40)21-33(30)48-34-22-29(47-26(3)41)11-13-31(34)36/h8-13,20-22,39H,4-7,14-19,23H2,1-3H3,(H,38,42). The van der Waals surface area contributed by atoms with E-state index in [9.17, 15) is 19.5 Å². The van der Waals surface area contributed by atoms with Gasteiger partial charge in [-0.15, -0.1) is 11.6 Å². The first-order chi connectivity index (χ1) is 23.2. The van der Waals surface area contributed by atoms with Crippen LogP contribution in [0.4, 0.5) is 0 Å². The molecule has 0 saturated heterocycles. The van der Waals surface area contributed by atoms with Gasteiger partial charge in [-0.1, -0.05) is 18.9 Å². The van der Waals surface area contributed by atoms with Crippen molar-refractivity contribution in [2.45, 2.75) is 52.1 Å². The topological polar surface area (TPSA) is 139 Å². The number of fused-ring (bicyclic) bond motifs is 2. The van der Waals surface area contributed by atoms with Crippen LogP contribution in [0.3, 0.4) is 0 Å². The molecule has 0 fully saturated rings. The molecular weight excluding hydrogens is 642 g/mol. The molecule has 4 rings (SSSR count). The summed E-state index contributed by atoms with van der Waals surface area (Å²) in [6.07, 6.45) is 4.21. The number of hydrogen-bond donors (Lipinski definition) is 2. The van der Waals surface area contributed by atoms with Crippen molar-refractivity contribution < 1.29 is 47.9 Å². The van der Waals surface area contributed by atoms with Crippen molar-refractivity contribution in [1.82, 2.24) is 5.32 Å². The largest absolute Gasteiger partial charge is 0.456 e. The number of aryl methyl sites for hydroxylation is 1. The van der Waals surface area contributed by atoms with Crippen LogP contribution < -0.4 is 19.5 Å². The van der Waals surface area contributed by atoms with Gasteiger partial charge in [-0.2, -0.15) is 0 Å². The number of halogens is 1. The normalized spacial score (nSPS) is 12.8. The monoisotopic (exact) mass is 683 g/mol. The minimum atomic E-state index is -1.48. The van der Waals surface area contributed by atoms with Crippen LogP contribution in [0.5, 0.6) is 23.0 Å². The molecule has 0 unspecified atom stereocenters. The zero-order chi connectivity index (χ0) is 34.5. The first-order valence-electron chi connectivity index (χ1n) is 15.9. The van der Waals surface area contributed by atoms with Crippen LogP contribution in [0.25, 0.3) is 0 Å². The molecule has 0 bridgehead atoms. The number of benzene rings is 3. The molecule has 0 saturated carbocycles. The van der Waals surface area contributed by atoms with Crippen LogP contribution >= 0.6 is 11.6 Å². The molecule has 1 aliphatic heterocycles. The van der Waals surface area contributed by atoms with E-state index in [1.165, 1.54) is 26.0 Å². The van der Waals surface area contributed by atoms with E-state index in [2.05, 4.69) is 5.32 Å². The average molecular weight is 684 g/mol. The van der Waals surface area contributed by atoms with Gasteiger partial charge in [-0.3, -0.25) is 14.4 Å². The van der Waals surface area contributed by atoms with E-state index in [0.29, 0.717) is 54.6 Å². The van der Waals surface area contributed by atoms with E-state index in [4.69, 9.17) is 40.0 Å². The lowest BCUT2D eigenvalue weighted by atomic mass is 9.75. The summed E-state index contributed by atoms with van der Waals surface area (Å²) in [5.74, 6) is 0.349. The number of hydrogen-bond acceptors (Lipinski definition) is 10. The van der Waals surface area contributed by atoms with E-state index in [1.54, 1.807) is 42.5 Å². The van der Waals surface area contributed by atoms with Crippen molar-refractivity contribution in [2.75, 3.05) is 45.6 Å². The van der Waals surface area contributed by atoms with Gasteiger partial charge < -0.3 is 38.8 Å². The summed E-state index contributed by atoms with van der Waals surface area (Å²) in [7, 11) is 0. The number of rotatable bonds is 18. The molecule has 3 aromatic rings. The highest BCUT2D eigenvalue weighted by atomic mass is 35.5. The van der Waals surface area contributed by atoms with Gasteiger partial charge in [0.2, 0.25) is 0 Å². The Morgan fingerprint density at radius 3 is 1.96 bits per heavy atom. The summed E-state index contributed by atoms with van der Waals surface area (Å²) in [6, 6.07) is 14.8. The molecule has 0 atom stereocenters. The van der Waals surface area contributed by atoms with Gasteiger partial charge >= 0.3 is 11.9 Å². The fourth-order valence-electron chi connectivity index (χ4n) is 5.55. The van der Waals surface area contributed by atoms with E-state index < -0.39 is 24.3 Å². The van der Waals surface area contributed by atoms with E-state index in [-0.39, 0.29) is 35.4 Å². The number of aliphatic hydroxyl groups is 1. The van der Waals surface area contributed by atoms with Crippen LogP contribution in [-0.2, 0) is 29.4 Å². The Kier molecular flexibility index (Phi) is 13.8. The van der Waals surface area contributed by atoms with Gasteiger partial charge in [0.15, 0.2) is 5.60 Å². The lowest BCUT2D eigenvalue weighted by Gasteiger charge is -2.41. The van der Waals surface area contributed by atoms with E-state index in [1.807, 2.05) is 6.92 Å². The number of unbranched alkanes of at least 4 members (excludes halogenated alkanes) is 3. The Balaban J connectivity index is 1.56. The number of esters is 2. The average Bonchev–Trinajstić information content (AvgIpc) is 3.04. The Hall–Kier alpha value is -4.00. The second-order valence-electron chi connectivity index (χ2n) is 11.2. The molecule has 1 heterocycles. The van der Waals surface area contributed by atoms with Crippen molar-refractivity contribution in [3.05, 3.63) is 82.4 Å². The second kappa shape index (κ2) is 18.0. The van der Waals surface area contributed by atoms with Crippen LogP contribution in [0.15, 0.2) is 54.6 Å². The highest BCUT2D eigenvalue weighted by molar-refractivity contribution is 6.17. The first-order valence-corrected chi connectivity index (χ1v) is 16.4. The Morgan fingerprint density at radius 1 is 0.771 bits per heavy atom. The Labute approximate surface area is 285 Å². The van der Waals surface area contributed by atoms with E-state index in [0.717, 1.165) is 31.2 Å². The molecule has 2 N–H and O–H groups in total. The second-order valence-corrected chi connectivity index (χ2v) is 11.6. The number of amides is 1. The number of alkyl halides is 1. The van der Waals surface area contributed by atoms with Crippen LogP contribution in [0, 0.1) is 6.92 Å². The molecule has 0 aliphatic carbocycles. The molecule has 11 nitrogen and oxygen atoms in total. The number of carbonyl (C=O) groups is 3. The molecule has 48 heavy (non-hydrogen) atoms.